The summed E-state index contributed by atoms with van der Waals surface area (Å²) in [5.41, 5.74) is 4.10. The van der Waals surface area contributed by atoms with E-state index in [-0.39, 0.29) is 57.5 Å². The van der Waals surface area contributed by atoms with E-state index in [0.717, 1.165) is 36.9 Å². The molecule has 3 fully saturated rings. The Morgan fingerprint density at radius 1 is 0.937 bits per heavy atom. The molecule has 0 aromatic heterocycles. The molecule has 2 saturated heterocycles. The summed E-state index contributed by atoms with van der Waals surface area (Å²) in [7, 11) is 0. The molecule has 8 rings (SSSR count). The van der Waals surface area contributed by atoms with Crippen molar-refractivity contribution < 1.29 is 28.4 Å². The third kappa shape index (κ3) is 8.75. The van der Waals surface area contributed by atoms with Gasteiger partial charge in [0.1, 0.15) is 17.3 Å². The van der Waals surface area contributed by atoms with E-state index in [0.29, 0.717) is 74.3 Å². The number of carbonyl (C=O) groups is 5. The molecule has 3 aromatic rings. The van der Waals surface area contributed by atoms with Crippen molar-refractivity contribution in [3.05, 3.63) is 105 Å². The van der Waals surface area contributed by atoms with E-state index in [2.05, 4.69) is 60.0 Å². The number of hydrogen-bond acceptors (Lipinski definition) is 7. The van der Waals surface area contributed by atoms with Gasteiger partial charge in [-0.25, -0.2) is 4.39 Å². The van der Waals surface area contributed by atoms with Gasteiger partial charge in [0.05, 0.1) is 11.1 Å². The molecule has 63 heavy (non-hydrogen) atoms. The molecule has 1 saturated carbocycles. The summed E-state index contributed by atoms with van der Waals surface area (Å²) < 4.78 is 16.2. The number of halogens is 3. The first-order valence-corrected chi connectivity index (χ1v) is 23.1. The highest BCUT2D eigenvalue weighted by atomic mass is 35.5. The number of nitrogens with one attached hydrogen (secondary N) is 5. The molecule has 0 radical (unpaired) electrons. The Kier molecular flexibility index (Phi) is 12.8. The average Bonchev–Trinajstić information content (AvgIpc) is 3.85. The number of amides is 5. The first-order chi connectivity index (χ1) is 30.1. The zero-order valence-electron chi connectivity index (χ0n) is 36.2. The van der Waals surface area contributed by atoms with Gasteiger partial charge in [-0.1, -0.05) is 93.4 Å². The van der Waals surface area contributed by atoms with Crippen LogP contribution in [0.2, 0.25) is 10.0 Å². The second-order valence-electron chi connectivity index (χ2n) is 19.2. The summed E-state index contributed by atoms with van der Waals surface area (Å²) in [5.74, 6) is -2.86. The van der Waals surface area contributed by atoms with Crippen LogP contribution in [0.3, 0.4) is 0 Å². The molecule has 5 amide bonds. The highest BCUT2D eigenvalue weighted by Crippen LogP contribution is 2.57. The van der Waals surface area contributed by atoms with Crippen LogP contribution in [0.4, 0.5) is 10.1 Å². The van der Waals surface area contributed by atoms with Crippen molar-refractivity contribution in [2.75, 3.05) is 11.9 Å². The van der Waals surface area contributed by atoms with Gasteiger partial charge in [0.15, 0.2) is 0 Å². The van der Waals surface area contributed by atoms with Crippen LogP contribution in [-0.4, -0.2) is 65.1 Å². The summed E-state index contributed by atoms with van der Waals surface area (Å²) in [5, 5.41) is 15.8. The predicted molar refractivity (Wildman–Crippen MR) is 242 cm³/mol. The minimum atomic E-state index is -1.34. The van der Waals surface area contributed by atoms with Crippen LogP contribution in [0.5, 0.6) is 0 Å². The summed E-state index contributed by atoms with van der Waals surface area (Å²) in [4.78, 5) is 68.6. The number of fused-ring (bicyclic) bond motifs is 3. The third-order valence-corrected chi connectivity index (χ3v) is 14.5. The Bertz CT molecular complexity index is 2340. The summed E-state index contributed by atoms with van der Waals surface area (Å²) in [6.45, 7) is 11.7. The van der Waals surface area contributed by atoms with Gasteiger partial charge in [-0.3, -0.25) is 29.3 Å². The normalized spacial score (nSPS) is 26.7. The fraction of sp³-hybridized carbons (Fsp3) is 0.490. The lowest BCUT2D eigenvalue weighted by atomic mass is 9.62. The lowest BCUT2D eigenvalue weighted by Gasteiger charge is -2.38. The standard InChI is InChI=1S/C49H57Cl2FN6O5/c1-27-32-12-8-11-28(34(32)26-58(27)38-21-22-40(59)57-45(38)61)10-6-5-7-23-53-44(60)29-15-18-31(19-16-29)54-46(62)43-41(33-13-9-14-36(51)42(33)52)49(39(56-43)25-48(2,3)4)35-20-17-30(50)24-37(35)55-47(49)63/h8-9,11-14,17,20,24,29,31,38-39,41,43,56H,1,5-7,10,15-16,18-19,21-23,25-26H2,2-4H3,(H,53,60)(H,54,62)(H,55,63)(H,57,59,61)/t29?,31?,38?,39-,41-,43+,49+/m0/s1. The van der Waals surface area contributed by atoms with E-state index < -0.39 is 35.3 Å². The number of aryl methyl sites for hydroxylation is 1. The molecular weight excluding hydrogens is 842 g/mol. The summed E-state index contributed by atoms with van der Waals surface area (Å²) in [6, 6.07) is 14.1. The zero-order valence-corrected chi connectivity index (χ0v) is 37.7. The highest BCUT2D eigenvalue weighted by molar-refractivity contribution is 6.31. The van der Waals surface area contributed by atoms with Crippen molar-refractivity contribution in [2.45, 2.75) is 133 Å². The number of unbranched alkanes of at least 4 members (excludes halogenated alkanes) is 2. The van der Waals surface area contributed by atoms with Crippen molar-refractivity contribution in [1.29, 1.82) is 0 Å². The number of piperidine rings is 1. The third-order valence-electron chi connectivity index (χ3n) is 13.9. The molecular formula is C49H57Cl2FN6O5. The smallest absolute Gasteiger partial charge is 0.249 e. The Morgan fingerprint density at radius 2 is 1.70 bits per heavy atom. The van der Waals surface area contributed by atoms with Gasteiger partial charge in [0.2, 0.25) is 29.5 Å². The van der Waals surface area contributed by atoms with Gasteiger partial charge in [-0.05, 0) is 104 Å². The van der Waals surface area contributed by atoms with E-state index in [4.69, 9.17) is 23.2 Å². The molecule has 3 aromatic carbocycles. The highest BCUT2D eigenvalue weighted by Gasteiger charge is 2.66. The van der Waals surface area contributed by atoms with Gasteiger partial charge >= 0.3 is 0 Å². The second kappa shape index (κ2) is 18.0. The first kappa shape index (κ1) is 44.8. The number of nitrogens with zero attached hydrogens (tertiary/aromatic N) is 1. The van der Waals surface area contributed by atoms with Crippen molar-refractivity contribution in [1.82, 2.24) is 26.2 Å². The van der Waals surface area contributed by atoms with Crippen molar-refractivity contribution in [3.8, 4) is 0 Å². The Hall–Kier alpha value is -4.78. The monoisotopic (exact) mass is 898 g/mol. The van der Waals surface area contributed by atoms with Crippen molar-refractivity contribution in [2.24, 2.45) is 11.3 Å². The quantitative estimate of drug-likeness (QED) is 0.0926. The van der Waals surface area contributed by atoms with Gasteiger partial charge in [0.25, 0.3) is 0 Å². The molecule has 1 spiro atoms. The molecule has 4 heterocycles. The Balaban J connectivity index is 0.852. The maximum atomic E-state index is 16.2. The molecule has 1 aliphatic carbocycles. The van der Waals surface area contributed by atoms with E-state index >= 15 is 4.39 Å². The minimum Gasteiger partial charge on any atom is -0.356 e. The average molecular weight is 900 g/mol. The fourth-order valence-corrected chi connectivity index (χ4v) is 11.3. The lowest BCUT2D eigenvalue weighted by molar-refractivity contribution is -0.136. The molecule has 0 bridgehead atoms. The molecule has 5 aliphatic rings. The van der Waals surface area contributed by atoms with Gasteiger partial charge in [-0.15, -0.1) is 0 Å². The molecule has 1 unspecified atom stereocenters. The Labute approximate surface area is 378 Å². The number of anilines is 1. The summed E-state index contributed by atoms with van der Waals surface area (Å²) >= 11 is 12.8. The van der Waals surface area contributed by atoms with Gasteiger partial charge < -0.3 is 26.2 Å². The number of imide groups is 1. The van der Waals surface area contributed by atoms with Crippen LogP contribution in [0, 0.1) is 17.2 Å². The minimum absolute atomic E-state index is 0.0274. The topological polar surface area (TPSA) is 149 Å². The fourth-order valence-electron chi connectivity index (χ4n) is 10.9. The second-order valence-corrected chi connectivity index (χ2v) is 20.1. The van der Waals surface area contributed by atoms with E-state index in [1.807, 2.05) is 23.1 Å². The van der Waals surface area contributed by atoms with Crippen molar-refractivity contribution in [3.63, 3.8) is 0 Å². The molecule has 334 valence electrons. The van der Waals surface area contributed by atoms with Crippen LogP contribution in [0.15, 0.2) is 61.2 Å². The Morgan fingerprint density at radius 3 is 2.44 bits per heavy atom. The number of hydrogen-bond donors (Lipinski definition) is 5. The van der Waals surface area contributed by atoms with Gasteiger partial charge in [0, 0.05) is 65.4 Å². The SMILES string of the molecule is C=C1c2cccc(CCCCCNC(=O)C3CCC(NC(=O)[C@@H]4N[C@@H](CC(C)(C)C)[C@@]5(C(=O)Nc6cc(Cl)ccc65)[C@H]4c4cccc(Cl)c4F)CC3)c2CN1C1CCC(=O)NC1=O. The molecule has 5 N–H and O–H groups in total. The van der Waals surface area contributed by atoms with Crippen LogP contribution in [-0.2, 0) is 42.4 Å². The number of rotatable bonds is 12. The van der Waals surface area contributed by atoms with E-state index in [1.165, 1.54) is 17.2 Å². The van der Waals surface area contributed by atoms with E-state index in [9.17, 15) is 24.0 Å². The maximum absolute atomic E-state index is 16.2. The van der Waals surface area contributed by atoms with Crippen LogP contribution >= 0.6 is 23.2 Å². The van der Waals surface area contributed by atoms with Crippen LogP contribution in [0.25, 0.3) is 5.70 Å². The number of benzene rings is 3. The van der Waals surface area contributed by atoms with Crippen molar-refractivity contribution >= 4 is 64.1 Å². The molecule has 5 atom stereocenters. The first-order valence-electron chi connectivity index (χ1n) is 22.4. The largest absolute Gasteiger partial charge is 0.356 e. The van der Waals surface area contributed by atoms with Gasteiger partial charge in [-0.2, -0.15) is 0 Å². The van der Waals surface area contributed by atoms with Crippen LogP contribution in [0.1, 0.15) is 119 Å². The zero-order chi connectivity index (χ0) is 44.8. The molecule has 4 aliphatic heterocycles. The lowest BCUT2D eigenvalue weighted by Crippen LogP contribution is -2.50. The molecule has 11 nitrogen and oxygen atoms in total. The predicted octanol–water partition coefficient (Wildman–Crippen LogP) is 7.68. The van der Waals surface area contributed by atoms with E-state index in [1.54, 1.807) is 24.3 Å². The number of carbonyl (C=O) groups excluding carboxylic acids is 5. The summed E-state index contributed by atoms with van der Waals surface area (Å²) in [6.07, 6.45) is 7.40. The van der Waals surface area contributed by atoms with Crippen LogP contribution < -0.4 is 26.6 Å². The maximum Gasteiger partial charge on any atom is 0.249 e. The molecule has 14 heteroatoms.